The van der Waals surface area contributed by atoms with E-state index in [1.807, 2.05) is 0 Å². The van der Waals surface area contributed by atoms with Crippen molar-refractivity contribution in [2.45, 2.75) is 18.4 Å². The first-order chi connectivity index (χ1) is 10.5. The second-order valence-electron chi connectivity index (χ2n) is 4.42. The summed E-state index contributed by atoms with van der Waals surface area (Å²) in [6.45, 7) is 2.09. The van der Waals surface area contributed by atoms with Crippen LogP contribution in [-0.4, -0.2) is 15.0 Å². The van der Waals surface area contributed by atoms with Crippen molar-refractivity contribution >= 4 is 10.0 Å². The van der Waals surface area contributed by atoms with Gasteiger partial charge in [-0.2, -0.15) is 0 Å². The largest absolute Gasteiger partial charge is 0.494 e. The highest BCUT2D eigenvalue weighted by Gasteiger charge is 2.23. The first kappa shape index (κ1) is 16.4. The van der Waals surface area contributed by atoms with Crippen molar-refractivity contribution in [1.29, 1.82) is 0 Å². The maximum absolute atomic E-state index is 13.6. The number of para-hydroxylation sites is 1. The van der Waals surface area contributed by atoms with Gasteiger partial charge in [-0.05, 0) is 25.1 Å². The number of halogens is 2. The van der Waals surface area contributed by atoms with Crippen LogP contribution in [0.2, 0.25) is 0 Å². The molecule has 2 aromatic carbocycles. The van der Waals surface area contributed by atoms with Gasteiger partial charge < -0.3 is 4.74 Å². The minimum atomic E-state index is -4.31. The molecule has 0 heterocycles. The number of nitrogens with one attached hydrogen (secondary N) is 1. The molecule has 2 rings (SSSR count). The van der Waals surface area contributed by atoms with Gasteiger partial charge in [0.25, 0.3) is 0 Å². The minimum absolute atomic E-state index is 0.133. The summed E-state index contributed by atoms with van der Waals surface area (Å²) in [5.74, 6) is -1.75. The third-order valence-corrected chi connectivity index (χ3v) is 4.36. The van der Waals surface area contributed by atoms with Crippen molar-refractivity contribution < 1.29 is 21.9 Å². The van der Waals surface area contributed by atoms with Crippen molar-refractivity contribution in [2.24, 2.45) is 0 Å². The van der Waals surface area contributed by atoms with Crippen LogP contribution in [-0.2, 0) is 16.6 Å². The smallest absolute Gasteiger partial charge is 0.246 e. The van der Waals surface area contributed by atoms with Crippen molar-refractivity contribution in [2.75, 3.05) is 6.61 Å². The molecule has 4 nitrogen and oxygen atoms in total. The zero-order valence-corrected chi connectivity index (χ0v) is 12.7. The van der Waals surface area contributed by atoms with E-state index in [-0.39, 0.29) is 6.54 Å². The van der Waals surface area contributed by atoms with Gasteiger partial charge in [0.2, 0.25) is 10.0 Å². The molecular weight excluding hydrogens is 312 g/mol. The highest BCUT2D eigenvalue weighted by Crippen LogP contribution is 2.21. The molecule has 0 bridgehead atoms. The maximum Gasteiger partial charge on any atom is 0.246 e. The Morgan fingerprint density at radius 3 is 2.32 bits per heavy atom. The average Bonchev–Trinajstić information content (AvgIpc) is 2.46. The fourth-order valence-corrected chi connectivity index (χ4v) is 3.07. The van der Waals surface area contributed by atoms with Gasteiger partial charge in [-0.15, -0.1) is 0 Å². The van der Waals surface area contributed by atoms with E-state index >= 15 is 0 Å². The number of benzene rings is 2. The first-order valence-corrected chi connectivity index (χ1v) is 8.08. The molecular formula is C15H15F2NO3S. The SMILES string of the molecule is CCOc1ccccc1CNS(=O)(=O)c1c(F)cccc1F. The lowest BCUT2D eigenvalue weighted by molar-refractivity contribution is 0.336. The van der Waals surface area contributed by atoms with E-state index in [9.17, 15) is 17.2 Å². The van der Waals surface area contributed by atoms with Gasteiger partial charge in [-0.3, -0.25) is 0 Å². The fraction of sp³-hybridized carbons (Fsp3) is 0.200. The molecule has 22 heavy (non-hydrogen) atoms. The summed E-state index contributed by atoms with van der Waals surface area (Å²) in [6.07, 6.45) is 0. The molecule has 1 N–H and O–H groups in total. The van der Waals surface area contributed by atoms with E-state index in [0.717, 1.165) is 18.2 Å². The average molecular weight is 327 g/mol. The number of sulfonamides is 1. The van der Waals surface area contributed by atoms with Gasteiger partial charge in [0.1, 0.15) is 17.4 Å². The predicted molar refractivity (Wildman–Crippen MR) is 78.0 cm³/mol. The Hall–Kier alpha value is -1.99. The third-order valence-electron chi connectivity index (χ3n) is 2.91. The Balaban J connectivity index is 2.24. The molecule has 0 saturated heterocycles. The number of hydrogen-bond donors (Lipinski definition) is 1. The van der Waals surface area contributed by atoms with Crippen molar-refractivity contribution in [1.82, 2.24) is 4.72 Å². The molecule has 0 aromatic heterocycles. The molecule has 0 unspecified atom stereocenters. The summed E-state index contributed by atoms with van der Waals surface area (Å²) in [5.41, 5.74) is 0.574. The van der Waals surface area contributed by atoms with Gasteiger partial charge in [0, 0.05) is 12.1 Å². The topological polar surface area (TPSA) is 55.4 Å². The molecule has 7 heteroatoms. The fourth-order valence-electron chi connectivity index (χ4n) is 1.93. The van der Waals surface area contributed by atoms with E-state index in [4.69, 9.17) is 4.74 Å². The quantitative estimate of drug-likeness (QED) is 0.887. The molecule has 0 radical (unpaired) electrons. The van der Waals surface area contributed by atoms with E-state index in [1.165, 1.54) is 0 Å². The molecule has 0 aliphatic heterocycles. The summed E-state index contributed by atoms with van der Waals surface area (Å²) >= 11 is 0. The van der Waals surface area contributed by atoms with Gasteiger partial charge in [0.15, 0.2) is 4.90 Å². The molecule has 0 atom stereocenters. The zero-order valence-electron chi connectivity index (χ0n) is 11.8. The van der Waals surface area contributed by atoms with Crippen molar-refractivity contribution in [3.8, 4) is 5.75 Å². The Kier molecular flexibility index (Phi) is 5.10. The van der Waals surface area contributed by atoms with Crippen LogP contribution in [0.1, 0.15) is 12.5 Å². The Morgan fingerprint density at radius 1 is 1.05 bits per heavy atom. The van der Waals surface area contributed by atoms with Crippen LogP contribution in [0.5, 0.6) is 5.75 Å². The summed E-state index contributed by atoms with van der Waals surface area (Å²) in [7, 11) is -4.31. The van der Waals surface area contributed by atoms with Crippen LogP contribution in [0.4, 0.5) is 8.78 Å². The number of hydrogen-bond acceptors (Lipinski definition) is 3. The zero-order chi connectivity index (χ0) is 16.2. The first-order valence-electron chi connectivity index (χ1n) is 6.60. The van der Waals surface area contributed by atoms with Crippen LogP contribution >= 0.6 is 0 Å². The molecule has 2 aromatic rings. The molecule has 0 aliphatic rings. The van der Waals surface area contributed by atoms with Crippen LogP contribution < -0.4 is 9.46 Å². The molecule has 0 fully saturated rings. The van der Waals surface area contributed by atoms with Crippen LogP contribution in [0.25, 0.3) is 0 Å². The lowest BCUT2D eigenvalue weighted by Crippen LogP contribution is -2.25. The lowest BCUT2D eigenvalue weighted by Gasteiger charge is -2.12. The number of rotatable bonds is 6. The maximum atomic E-state index is 13.6. The minimum Gasteiger partial charge on any atom is -0.494 e. The van der Waals surface area contributed by atoms with E-state index < -0.39 is 26.6 Å². The summed E-state index contributed by atoms with van der Waals surface area (Å²) < 4.78 is 58.9. The van der Waals surface area contributed by atoms with Gasteiger partial charge >= 0.3 is 0 Å². The van der Waals surface area contributed by atoms with Crippen LogP contribution in [0, 0.1) is 11.6 Å². The van der Waals surface area contributed by atoms with Crippen molar-refractivity contribution in [3.63, 3.8) is 0 Å². The molecule has 0 amide bonds. The predicted octanol–water partition coefficient (Wildman–Crippen LogP) is 2.84. The highest BCUT2D eigenvalue weighted by molar-refractivity contribution is 7.89. The highest BCUT2D eigenvalue weighted by atomic mass is 32.2. The molecule has 0 aliphatic carbocycles. The van der Waals surface area contributed by atoms with Crippen LogP contribution in [0.3, 0.4) is 0 Å². The van der Waals surface area contributed by atoms with Crippen molar-refractivity contribution in [3.05, 3.63) is 59.7 Å². The Bertz CT molecular complexity index is 743. The number of ether oxygens (including phenoxy) is 1. The molecule has 0 spiro atoms. The summed E-state index contributed by atoms with van der Waals surface area (Å²) in [4.78, 5) is -0.983. The van der Waals surface area contributed by atoms with E-state index in [0.29, 0.717) is 17.9 Å². The molecule has 118 valence electrons. The lowest BCUT2D eigenvalue weighted by atomic mass is 10.2. The van der Waals surface area contributed by atoms with Gasteiger partial charge in [-0.1, -0.05) is 24.3 Å². The van der Waals surface area contributed by atoms with E-state index in [1.54, 1.807) is 31.2 Å². The summed E-state index contributed by atoms with van der Waals surface area (Å²) in [6, 6.07) is 9.73. The monoisotopic (exact) mass is 327 g/mol. The Labute approximate surface area is 127 Å². The Morgan fingerprint density at radius 2 is 1.68 bits per heavy atom. The molecule has 0 saturated carbocycles. The third kappa shape index (κ3) is 3.61. The summed E-state index contributed by atoms with van der Waals surface area (Å²) in [5, 5.41) is 0. The second kappa shape index (κ2) is 6.85. The van der Waals surface area contributed by atoms with E-state index in [2.05, 4.69) is 4.72 Å². The normalized spacial score (nSPS) is 11.4. The standard InChI is InChI=1S/C15H15F2NO3S/c1-2-21-14-9-4-3-6-11(14)10-18-22(19,20)15-12(16)7-5-8-13(15)17/h3-9,18H,2,10H2,1H3. The van der Waals surface area contributed by atoms with Crippen LogP contribution in [0.15, 0.2) is 47.4 Å². The van der Waals surface area contributed by atoms with Gasteiger partial charge in [0.05, 0.1) is 6.61 Å². The van der Waals surface area contributed by atoms with Gasteiger partial charge in [-0.25, -0.2) is 21.9 Å². The second-order valence-corrected chi connectivity index (χ2v) is 6.12.